The zero-order chi connectivity index (χ0) is 22.4. The second-order valence-electron chi connectivity index (χ2n) is 8.27. The second-order valence-corrected chi connectivity index (χ2v) is 10.2. The second kappa shape index (κ2) is 7.69. The highest BCUT2D eigenvalue weighted by Gasteiger charge is 2.36. The van der Waals surface area contributed by atoms with Crippen molar-refractivity contribution in [2.24, 2.45) is 0 Å². The van der Waals surface area contributed by atoms with E-state index >= 15 is 0 Å². The molecule has 2 aliphatic rings. The van der Waals surface area contributed by atoms with E-state index in [2.05, 4.69) is 0 Å². The van der Waals surface area contributed by atoms with Crippen LogP contribution in [0.5, 0.6) is 5.75 Å². The third kappa shape index (κ3) is 4.05. The van der Waals surface area contributed by atoms with Crippen molar-refractivity contribution in [1.82, 2.24) is 9.21 Å². The maximum atomic E-state index is 13.2. The molecule has 3 heterocycles. The largest absolute Gasteiger partial charge is 0.484 e. The predicted octanol–water partition coefficient (Wildman–Crippen LogP) is 1.95. The number of fused-ring (bicyclic) bond motifs is 1. The Morgan fingerprint density at radius 1 is 1.06 bits per heavy atom. The smallest absolute Gasteiger partial charge is 0.289 e. The number of benzene rings is 1. The predicted molar refractivity (Wildman–Crippen MR) is 113 cm³/mol. The number of anilines is 1. The fourth-order valence-corrected chi connectivity index (χ4v) is 5.31. The molecular weight excluding hydrogens is 422 g/mol. The van der Waals surface area contributed by atoms with Gasteiger partial charge >= 0.3 is 0 Å². The van der Waals surface area contributed by atoms with E-state index in [-0.39, 0.29) is 48.6 Å². The maximum absolute atomic E-state index is 13.2. The van der Waals surface area contributed by atoms with Gasteiger partial charge in [-0.15, -0.1) is 0 Å². The van der Waals surface area contributed by atoms with Gasteiger partial charge in [0, 0.05) is 33.1 Å². The molecule has 1 saturated heterocycles. The van der Waals surface area contributed by atoms with E-state index in [9.17, 15) is 18.0 Å². The highest BCUT2D eigenvalue weighted by Crippen LogP contribution is 2.39. The van der Waals surface area contributed by atoms with Crippen LogP contribution in [0.2, 0.25) is 0 Å². The number of ether oxygens (including phenoxy) is 1. The lowest BCUT2D eigenvalue weighted by atomic mass is 10.1. The molecule has 0 saturated carbocycles. The van der Waals surface area contributed by atoms with Crippen LogP contribution >= 0.6 is 0 Å². The highest BCUT2D eigenvalue weighted by molar-refractivity contribution is 7.89. The third-order valence-electron chi connectivity index (χ3n) is 5.42. The van der Waals surface area contributed by atoms with Gasteiger partial charge in [-0.2, -0.15) is 4.31 Å². The standard InChI is InChI=1S/C21H25N3O6S/c1-15(25)24-14-21(2,3)30-18-7-6-16(13-17(18)24)31(27,28)23-10-8-22(9-11-23)20(26)19-5-4-12-29-19/h4-7,12-13H,8-11,14H2,1-3H3. The van der Waals surface area contributed by atoms with Gasteiger partial charge in [0.1, 0.15) is 11.4 Å². The number of sulfonamides is 1. The van der Waals surface area contributed by atoms with Crippen LogP contribution in [-0.4, -0.2) is 67.8 Å². The molecule has 0 spiro atoms. The number of rotatable bonds is 3. The molecule has 0 unspecified atom stereocenters. The van der Waals surface area contributed by atoms with E-state index < -0.39 is 15.6 Å². The van der Waals surface area contributed by atoms with Gasteiger partial charge in [0.05, 0.1) is 23.4 Å². The molecule has 2 aromatic rings. The summed E-state index contributed by atoms with van der Waals surface area (Å²) in [6.07, 6.45) is 1.43. The van der Waals surface area contributed by atoms with E-state index in [1.165, 1.54) is 34.5 Å². The maximum Gasteiger partial charge on any atom is 0.289 e. The normalized spacial score (nSPS) is 18.9. The number of hydrogen-bond acceptors (Lipinski definition) is 6. The van der Waals surface area contributed by atoms with Gasteiger partial charge in [0.2, 0.25) is 15.9 Å². The van der Waals surface area contributed by atoms with Gasteiger partial charge in [-0.1, -0.05) is 0 Å². The van der Waals surface area contributed by atoms with Crippen LogP contribution in [0.4, 0.5) is 5.69 Å². The van der Waals surface area contributed by atoms with Crippen LogP contribution < -0.4 is 9.64 Å². The molecule has 9 nitrogen and oxygen atoms in total. The van der Waals surface area contributed by atoms with Crippen LogP contribution in [-0.2, 0) is 14.8 Å². The van der Waals surface area contributed by atoms with Crippen molar-refractivity contribution >= 4 is 27.5 Å². The van der Waals surface area contributed by atoms with E-state index in [0.717, 1.165) is 0 Å². The summed E-state index contributed by atoms with van der Waals surface area (Å²) in [5, 5.41) is 0. The molecule has 4 rings (SSSR count). The summed E-state index contributed by atoms with van der Waals surface area (Å²) in [4.78, 5) is 27.8. The Hall–Kier alpha value is -2.85. The first-order chi connectivity index (χ1) is 14.6. The number of furan rings is 1. The number of carbonyl (C=O) groups excluding carboxylic acids is 2. The third-order valence-corrected chi connectivity index (χ3v) is 7.32. The highest BCUT2D eigenvalue weighted by atomic mass is 32.2. The van der Waals surface area contributed by atoms with Gasteiger partial charge < -0.3 is 19.0 Å². The topological polar surface area (TPSA) is 100 Å². The Kier molecular flexibility index (Phi) is 5.30. The quantitative estimate of drug-likeness (QED) is 0.713. The van der Waals surface area contributed by atoms with Gasteiger partial charge in [-0.3, -0.25) is 9.59 Å². The monoisotopic (exact) mass is 447 g/mol. The Morgan fingerprint density at radius 2 is 1.77 bits per heavy atom. The molecule has 0 N–H and O–H groups in total. The molecule has 0 radical (unpaired) electrons. The summed E-state index contributed by atoms with van der Waals surface area (Å²) in [6.45, 7) is 6.40. The zero-order valence-electron chi connectivity index (χ0n) is 17.7. The van der Waals surface area contributed by atoms with E-state index in [0.29, 0.717) is 18.0 Å². The van der Waals surface area contributed by atoms with Crippen molar-refractivity contribution in [3.63, 3.8) is 0 Å². The van der Waals surface area contributed by atoms with Gasteiger partial charge in [-0.05, 0) is 44.2 Å². The first kappa shape index (κ1) is 21.4. The summed E-state index contributed by atoms with van der Waals surface area (Å²) in [6, 6.07) is 7.80. The lowest BCUT2D eigenvalue weighted by Gasteiger charge is -2.39. The number of carbonyl (C=O) groups is 2. The fraction of sp³-hybridized carbons (Fsp3) is 0.429. The van der Waals surface area contributed by atoms with Crippen LogP contribution in [0, 0.1) is 0 Å². The van der Waals surface area contributed by atoms with Gasteiger partial charge in [0.15, 0.2) is 5.76 Å². The first-order valence-electron chi connectivity index (χ1n) is 10.0. The molecule has 2 amide bonds. The average Bonchev–Trinajstić information content (AvgIpc) is 3.26. The SMILES string of the molecule is CC(=O)N1CC(C)(C)Oc2ccc(S(=O)(=O)N3CCN(C(=O)c4ccco4)CC3)cc21. The Labute approximate surface area is 181 Å². The number of piperazine rings is 1. The van der Waals surface area contributed by atoms with Gasteiger partial charge in [-0.25, -0.2) is 8.42 Å². The molecule has 1 fully saturated rings. The van der Waals surface area contributed by atoms with Crippen LogP contribution in [0.25, 0.3) is 0 Å². The van der Waals surface area contributed by atoms with Crippen LogP contribution in [0.15, 0.2) is 45.9 Å². The Balaban J connectivity index is 1.54. The lowest BCUT2D eigenvalue weighted by Crippen LogP contribution is -2.50. The average molecular weight is 448 g/mol. The molecule has 0 bridgehead atoms. The molecule has 1 aromatic carbocycles. The summed E-state index contributed by atoms with van der Waals surface area (Å²) in [5.74, 6) is 0.266. The molecule has 2 aliphatic heterocycles. The Morgan fingerprint density at radius 3 is 2.39 bits per heavy atom. The fourth-order valence-electron chi connectivity index (χ4n) is 3.87. The van der Waals surface area contributed by atoms with Crippen LogP contribution in [0.1, 0.15) is 31.3 Å². The van der Waals surface area contributed by atoms with Crippen LogP contribution in [0.3, 0.4) is 0 Å². The van der Waals surface area contributed by atoms with E-state index in [1.54, 1.807) is 23.1 Å². The summed E-state index contributed by atoms with van der Waals surface area (Å²) >= 11 is 0. The summed E-state index contributed by atoms with van der Waals surface area (Å²) < 4.78 is 38.9. The minimum absolute atomic E-state index is 0.0895. The molecule has 10 heteroatoms. The van der Waals surface area contributed by atoms with Crippen molar-refractivity contribution in [3.05, 3.63) is 42.4 Å². The van der Waals surface area contributed by atoms with E-state index in [4.69, 9.17) is 9.15 Å². The lowest BCUT2D eigenvalue weighted by molar-refractivity contribution is -0.117. The molecule has 1 aromatic heterocycles. The van der Waals surface area contributed by atoms with E-state index in [1.807, 2.05) is 13.8 Å². The number of hydrogen-bond donors (Lipinski definition) is 0. The number of nitrogens with zero attached hydrogens (tertiary/aromatic N) is 3. The van der Waals surface area contributed by atoms with Crippen molar-refractivity contribution in [2.75, 3.05) is 37.6 Å². The molecule has 0 atom stereocenters. The van der Waals surface area contributed by atoms with Crippen molar-refractivity contribution < 1.29 is 27.2 Å². The van der Waals surface area contributed by atoms with Crippen molar-refractivity contribution in [3.8, 4) is 5.75 Å². The summed E-state index contributed by atoms with van der Waals surface area (Å²) in [5.41, 5.74) is -0.129. The number of amides is 2. The zero-order valence-corrected chi connectivity index (χ0v) is 18.5. The van der Waals surface area contributed by atoms with Crippen molar-refractivity contribution in [2.45, 2.75) is 31.3 Å². The molecular formula is C21H25N3O6S. The summed E-state index contributed by atoms with van der Waals surface area (Å²) in [7, 11) is -3.80. The molecule has 31 heavy (non-hydrogen) atoms. The minimum Gasteiger partial charge on any atom is -0.484 e. The van der Waals surface area contributed by atoms with Crippen molar-refractivity contribution in [1.29, 1.82) is 0 Å². The minimum atomic E-state index is -3.80. The molecule has 166 valence electrons. The van der Waals surface area contributed by atoms with Gasteiger partial charge in [0.25, 0.3) is 5.91 Å². The Bertz CT molecular complexity index is 1100. The molecule has 0 aliphatic carbocycles. The first-order valence-corrected chi connectivity index (χ1v) is 11.5.